The molecular weight excluding hydrogens is 106 g/mol. The number of rotatable bonds is 1. The highest BCUT2D eigenvalue weighted by atomic mass is 16.5. The summed E-state index contributed by atoms with van der Waals surface area (Å²) in [4.78, 5) is 10.1. The van der Waals surface area contributed by atoms with Crippen molar-refractivity contribution in [2.45, 2.75) is 25.9 Å². The number of hydrogen-bond donors (Lipinski definition) is 1. The van der Waals surface area contributed by atoms with Gasteiger partial charge in [0.1, 0.15) is 6.10 Å². The van der Waals surface area contributed by atoms with Crippen molar-refractivity contribution in [2.75, 3.05) is 0 Å². The fourth-order valence-corrected chi connectivity index (χ4v) is 0.421. The van der Waals surface area contributed by atoms with E-state index < -0.39 is 0 Å². The van der Waals surface area contributed by atoms with Crippen LogP contribution < -0.4 is 6.15 Å². The van der Waals surface area contributed by atoms with Gasteiger partial charge in [-0.25, -0.2) is 0 Å². The zero-order valence-corrected chi connectivity index (χ0v) is 5.02. The predicted molar refractivity (Wildman–Crippen MR) is 29.8 cm³/mol. The summed E-state index contributed by atoms with van der Waals surface area (Å²) in [6, 6.07) is 0. The lowest BCUT2D eigenvalue weighted by atomic mass is 10.7. The highest BCUT2D eigenvalue weighted by molar-refractivity contribution is 5.66. The molecule has 0 saturated heterocycles. The molecule has 0 atom stereocenters. The van der Waals surface area contributed by atoms with Gasteiger partial charge in [0.25, 0.3) is 0 Å². The molecule has 0 unspecified atom stereocenters. The minimum absolute atomic E-state index is 0. The number of esters is 1. The topological polar surface area (TPSA) is 61.3 Å². The Balaban J connectivity index is 0.000000490. The molecule has 0 aromatic rings. The van der Waals surface area contributed by atoms with Gasteiger partial charge in [-0.1, -0.05) is 0 Å². The average molecular weight is 117 g/mol. The largest absolute Gasteiger partial charge is 0.463 e. The lowest BCUT2D eigenvalue weighted by Gasteiger charge is -1.92. The van der Waals surface area contributed by atoms with Crippen LogP contribution in [0, 0.1) is 0 Å². The first-order valence-electron chi connectivity index (χ1n) is 2.46. The van der Waals surface area contributed by atoms with Gasteiger partial charge in [-0.3, -0.25) is 4.79 Å². The van der Waals surface area contributed by atoms with Crippen molar-refractivity contribution in [3.05, 3.63) is 0 Å². The van der Waals surface area contributed by atoms with E-state index >= 15 is 0 Å². The summed E-state index contributed by atoms with van der Waals surface area (Å²) >= 11 is 0. The normalized spacial score (nSPS) is 16.6. The van der Waals surface area contributed by atoms with E-state index in [1.165, 1.54) is 6.92 Å². The van der Waals surface area contributed by atoms with Gasteiger partial charge in [-0.15, -0.1) is 0 Å². The monoisotopic (exact) mass is 117 g/mol. The van der Waals surface area contributed by atoms with E-state index in [1.807, 2.05) is 0 Å². The second kappa shape index (κ2) is 2.67. The van der Waals surface area contributed by atoms with Crippen molar-refractivity contribution in [3.63, 3.8) is 0 Å². The van der Waals surface area contributed by atoms with Crippen molar-refractivity contribution in [2.24, 2.45) is 0 Å². The van der Waals surface area contributed by atoms with Gasteiger partial charge in [0, 0.05) is 6.92 Å². The highest BCUT2D eigenvalue weighted by Crippen LogP contribution is 2.23. The molecule has 1 aliphatic rings. The molecule has 0 bridgehead atoms. The molecule has 3 heteroatoms. The van der Waals surface area contributed by atoms with E-state index in [1.54, 1.807) is 0 Å². The zero-order valence-electron chi connectivity index (χ0n) is 5.02. The second-order valence-electron chi connectivity index (χ2n) is 1.81. The summed E-state index contributed by atoms with van der Waals surface area (Å²) in [5.74, 6) is -0.150. The van der Waals surface area contributed by atoms with Gasteiger partial charge in [-0.05, 0) is 12.8 Å². The van der Waals surface area contributed by atoms with Crippen LogP contribution >= 0.6 is 0 Å². The molecule has 8 heavy (non-hydrogen) atoms. The quantitative estimate of drug-likeness (QED) is 0.518. The summed E-state index contributed by atoms with van der Waals surface area (Å²) in [6.45, 7) is 1.44. The van der Waals surface area contributed by atoms with Crippen LogP contribution in [-0.4, -0.2) is 12.1 Å². The number of carbonyl (C=O) groups excluding carboxylic acids is 1. The molecule has 48 valence electrons. The Morgan fingerprint density at radius 1 is 1.62 bits per heavy atom. The van der Waals surface area contributed by atoms with E-state index in [2.05, 4.69) is 0 Å². The molecule has 1 aliphatic carbocycles. The lowest BCUT2D eigenvalue weighted by Crippen LogP contribution is -1.98. The third-order valence-corrected chi connectivity index (χ3v) is 0.857. The molecule has 0 aromatic carbocycles. The molecular formula is C5H11NO2. The Labute approximate surface area is 48.6 Å². The Morgan fingerprint density at radius 3 is 2.25 bits per heavy atom. The molecule has 3 N–H and O–H groups in total. The molecule has 0 amide bonds. The average Bonchev–Trinajstić information content (AvgIpc) is 2.17. The van der Waals surface area contributed by atoms with Crippen LogP contribution in [0.1, 0.15) is 19.8 Å². The Bertz CT molecular complexity index is 88.4. The van der Waals surface area contributed by atoms with E-state index in [4.69, 9.17) is 4.74 Å². The molecule has 1 saturated carbocycles. The predicted octanol–water partition coefficient (Wildman–Crippen LogP) is 0.874. The number of ether oxygens (including phenoxy) is 1. The third-order valence-electron chi connectivity index (χ3n) is 0.857. The summed E-state index contributed by atoms with van der Waals surface area (Å²) < 4.78 is 4.72. The smallest absolute Gasteiger partial charge is 0.302 e. The second-order valence-corrected chi connectivity index (χ2v) is 1.81. The molecule has 0 aromatic heterocycles. The van der Waals surface area contributed by atoms with Crippen LogP contribution in [0.5, 0.6) is 0 Å². The van der Waals surface area contributed by atoms with Crippen LogP contribution in [0.3, 0.4) is 0 Å². The van der Waals surface area contributed by atoms with E-state index in [0.29, 0.717) is 0 Å². The standard InChI is InChI=1S/C5H8O2.H3N/c1-4(6)7-5-2-3-5;/h5H,2-3H2,1H3;1H3. The van der Waals surface area contributed by atoms with Gasteiger partial charge < -0.3 is 10.9 Å². The number of hydrogen-bond acceptors (Lipinski definition) is 3. The van der Waals surface area contributed by atoms with Crippen LogP contribution in [-0.2, 0) is 9.53 Å². The molecule has 1 fully saturated rings. The maximum Gasteiger partial charge on any atom is 0.302 e. The van der Waals surface area contributed by atoms with Crippen LogP contribution in [0.2, 0.25) is 0 Å². The fourth-order valence-electron chi connectivity index (χ4n) is 0.421. The minimum atomic E-state index is -0.150. The van der Waals surface area contributed by atoms with Gasteiger partial charge in [0.05, 0.1) is 0 Å². The molecule has 3 nitrogen and oxygen atoms in total. The zero-order chi connectivity index (χ0) is 5.28. The van der Waals surface area contributed by atoms with Crippen LogP contribution in [0.15, 0.2) is 0 Å². The van der Waals surface area contributed by atoms with E-state index in [0.717, 1.165) is 12.8 Å². The van der Waals surface area contributed by atoms with E-state index in [9.17, 15) is 4.79 Å². The highest BCUT2D eigenvalue weighted by Gasteiger charge is 2.23. The maximum atomic E-state index is 10.1. The van der Waals surface area contributed by atoms with Crippen molar-refractivity contribution in [1.82, 2.24) is 6.15 Å². The summed E-state index contributed by atoms with van der Waals surface area (Å²) in [5, 5.41) is 0. The Morgan fingerprint density at radius 2 is 2.12 bits per heavy atom. The van der Waals surface area contributed by atoms with Crippen molar-refractivity contribution in [3.8, 4) is 0 Å². The number of carbonyl (C=O) groups is 1. The molecule has 0 radical (unpaired) electrons. The van der Waals surface area contributed by atoms with Gasteiger partial charge >= 0.3 is 5.97 Å². The molecule has 1 rings (SSSR count). The van der Waals surface area contributed by atoms with Gasteiger partial charge in [-0.2, -0.15) is 0 Å². The first-order chi connectivity index (χ1) is 3.29. The van der Waals surface area contributed by atoms with Crippen molar-refractivity contribution >= 4 is 5.97 Å². The third kappa shape index (κ3) is 2.58. The summed E-state index contributed by atoms with van der Waals surface area (Å²) in [7, 11) is 0. The maximum absolute atomic E-state index is 10.1. The summed E-state index contributed by atoms with van der Waals surface area (Å²) in [6.07, 6.45) is 2.41. The van der Waals surface area contributed by atoms with Crippen LogP contribution in [0.25, 0.3) is 0 Å². The van der Waals surface area contributed by atoms with Crippen molar-refractivity contribution in [1.29, 1.82) is 0 Å². The van der Waals surface area contributed by atoms with Gasteiger partial charge in [0.2, 0.25) is 0 Å². The summed E-state index contributed by atoms with van der Waals surface area (Å²) in [5.41, 5.74) is 0. The Kier molecular flexibility index (Phi) is 2.48. The fraction of sp³-hybridized carbons (Fsp3) is 0.800. The molecule has 0 heterocycles. The first kappa shape index (κ1) is 7.43. The van der Waals surface area contributed by atoms with Gasteiger partial charge in [0.15, 0.2) is 0 Å². The first-order valence-corrected chi connectivity index (χ1v) is 2.46. The molecule has 0 aliphatic heterocycles. The SMILES string of the molecule is CC(=O)OC1CC1.N. The molecule has 0 spiro atoms. The van der Waals surface area contributed by atoms with E-state index in [-0.39, 0.29) is 18.2 Å². The Hall–Kier alpha value is -0.570. The van der Waals surface area contributed by atoms with Crippen molar-refractivity contribution < 1.29 is 9.53 Å². The lowest BCUT2D eigenvalue weighted by molar-refractivity contribution is -0.142. The van der Waals surface area contributed by atoms with Crippen LogP contribution in [0.4, 0.5) is 0 Å². The minimum Gasteiger partial charge on any atom is -0.463 e.